The van der Waals surface area contributed by atoms with Gasteiger partial charge in [0.05, 0.1) is 10.6 Å². The van der Waals surface area contributed by atoms with Gasteiger partial charge in [-0.3, -0.25) is 0 Å². The Balaban J connectivity index is 2.23. The van der Waals surface area contributed by atoms with Crippen molar-refractivity contribution in [2.75, 3.05) is 0 Å². The van der Waals surface area contributed by atoms with Crippen molar-refractivity contribution >= 4 is 34.4 Å². The molecule has 5 heteroatoms. The summed E-state index contributed by atoms with van der Waals surface area (Å²) in [4.78, 5) is 8.36. The summed E-state index contributed by atoms with van der Waals surface area (Å²) in [7, 11) is 0. The number of nitrogens with zero attached hydrogens (tertiary/aromatic N) is 2. The lowest BCUT2D eigenvalue weighted by Gasteiger charge is -1.99. The van der Waals surface area contributed by atoms with Crippen LogP contribution in [-0.4, -0.2) is 9.97 Å². The summed E-state index contributed by atoms with van der Waals surface area (Å²) in [5.74, 6) is 0.422. The standard InChI is InChI=1S/C12H6Cl2N2O/c13-7-3-4-9(14)8(6-7)12-16-11-10(17-12)2-1-5-15-11/h1-6H. The van der Waals surface area contributed by atoms with Crippen LogP contribution in [0.2, 0.25) is 10.0 Å². The molecule has 0 amide bonds. The summed E-state index contributed by atoms with van der Waals surface area (Å²) in [6, 6.07) is 8.73. The van der Waals surface area contributed by atoms with Crippen molar-refractivity contribution in [1.29, 1.82) is 0 Å². The average Bonchev–Trinajstić information content (AvgIpc) is 2.75. The molecule has 0 aliphatic rings. The minimum Gasteiger partial charge on any atom is -0.434 e. The summed E-state index contributed by atoms with van der Waals surface area (Å²) in [5, 5.41) is 1.13. The van der Waals surface area contributed by atoms with Crippen molar-refractivity contribution in [3.63, 3.8) is 0 Å². The normalized spacial score (nSPS) is 10.9. The van der Waals surface area contributed by atoms with Crippen LogP contribution in [0.5, 0.6) is 0 Å². The molecular weight excluding hydrogens is 259 g/mol. The lowest BCUT2D eigenvalue weighted by Crippen LogP contribution is -1.80. The second-order valence-corrected chi connectivity index (χ2v) is 4.31. The van der Waals surface area contributed by atoms with Crippen LogP contribution in [0.4, 0.5) is 0 Å². The number of hydrogen-bond acceptors (Lipinski definition) is 3. The zero-order chi connectivity index (χ0) is 11.8. The summed E-state index contributed by atoms with van der Waals surface area (Å²) >= 11 is 12.0. The molecule has 2 heterocycles. The second-order valence-electron chi connectivity index (χ2n) is 3.47. The monoisotopic (exact) mass is 264 g/mol. The van der Waals surface area contributed by atoms with E-state index in [4.69, 9.17) is 27.6 Å². The van der Waals surface area contributed by atoms with Gasteiger partial charge in [0.1, 0.15) is 0 Å². The first kappa shape index (κ1) is 10.6. The van der Waals surface area contributed by atoms with Crippen LogP contribution in [0.1, 0.15) is 0 Å². The highest BCUT2D eigenvalue weighted by Crippen LogP contribution is 2.31. The van der Waals surface area contributed by atoms with Gasteiger partial charge in [-0.25, -0.2) is 4.98 Å². The zero-order valence-electron chi connectivity index (χ0n) is 8.52. The second kappa shape index (κ2) is 4.02. The highest BCUT2D eigenvalue weighted by Gasteiger charge is 2.12. The summed E-state index contributed by atoms with van der Waals surface area (Å²) in [5.41, 5.74) is 1.84. The largest absolute Gasteiger partial charge is 0.434 e. The quantitative estimate of drug-likeness (QED) is 0.662. The van der Waals surface area contributed by atoms with Crippen LogP contribution in [0.25, 0.3) is 22.7 Å². The van der Waals surface area contributed by atoms with Gasteiger partial charge in [-0.1, -0.05) is 23.2 Å². The Hall–Kier alpha value is -1.58. The molecule has 84 valence electrons. The van der Waals surface area contributed by atoms with Crippen molar-refractivity contribution in [1.82, 2.24) is 9.97 Å². The van der Waals surface area contributed by atoms with E-state index in [0.717, 1.165) is 0 Å². The third-order valence-electron chi connectivity index (χ3n) is 2.32. The van der Waals surface area contributed by atoms with E-state index in [1.807, 2.05) is 0 Å². The highest BCUT2D eigenvalue weighted by molar-refractivity contribution is 6.35. The predicted molar refractivity (Wildman–Crippen MR) is 67.3 cm³/mol. The fourth-order valence-electron chi connectivity index (χ4n) is 1.55. The maximum atomic E-state index is 6.08. The summed E-state index contributed by atoms with van der Waals surface area (Å²) in [6.45, 7) is 0. The lowest BCUT2D eigenvalue weighted by molar-refractivity contribution is 0.619. The molecule has 3 rings (SSSR count). The Morgan fingerprint density at radius 1 is 1.12 bits per heavy atom. The smallest absolute Gasteiger partial charge is 0.230 e. The van der Waals surface area contributed by atoms with E-state index >= 15 is 0 Å². The third-order valence-corrected chi connectivity index (χ3v) is 2.89. The van der Waals surface area contributed by atoms with Gasteiger partial charge in [0.15, 0.2) is 11.2 Å². The molecule has 3 nitrogen and oxygen atoms in total. The molecule has 0 spiro atoms. The number of hydrogen-bond donors (Lipinski definition) is 0. The van der Waals surface area contributed by atoms with Gasteiger partial charge >= 0.3 is 0 Å². The van der Waals surface area contributed by atoms with Crippen molar-refractivity contribution in [2.24, 2.45) is 0 Å². The van der Waals surface area contributed by atoms with Gasteiger partial charge in [-0.05, 0) is 30.3 Å². The van der Waals surface area contributed by atoms with E-state index in [9.17, 15) is 0 Å². The Labute approximate surface area is 107 Å². The van der Waals surface area contributed by atoms with Crippen LogP contribution >= 0.6 is 23.2 Å². The fraction of sp³-hybridized carbons (Fsp3) is 0. The SMILES string of the molecule is Clc1ccc(Cl)c(-c2nc3ncccc3o2)c1. The van der Waals surface area contributed by atoms with E-state index in [2.05, 4.69) is 9.97 Å². The molecule has 0 radical (unpaired) electrons. The summed E-state index contributed by atoms with van der Waals surface area (Å²) < 4.78 is 5.57. The molecule has 1 aromatic carbocycles. The van der Waals surface area contributed by atoms with Gasteiger partial charge < -0.3 is 4.42 Å². The number of rotatable bonds is 1. The molecule has 2 aromatic heterocycles. The number of fused-ring (bicyclic) bond motifs is 1. The van der Waals surface area contributed by atoms with E-state index in [0.29, 0.717) is 32.7 Å². The summed E-state index contributed by atoms with van der Waals surface area (Å²) in [6.07, 6.45) is 1.66. The van der Waals surface area contributed by atoms with Crippen molar-refractivity contribution < 1.29 is 4.42 Å². The van der Waals surface area contributed by atoms with Crippen LogP contribution in [0, 0.1) is 0 Å². The van der Waals surface area contributed by atoms with Gasteiger partial charge in [0.2, 0.25) is 5.89 Å². The molecule has 0 fully saturated rings. The topological polar surface area (TPSA) is 38.9 Å². The minimum absolute atomic E-state index is 0.422. The minimum atomic E-state index is 0.422. The molecular formula is C12H6Cl2N2O. The van der Waals surface area contributed by atoms with Crippen molar-refractivity contribution in [3.05, 3.63) is 46.6 Å². The molecule has 0 unspecified atom stereocenters. The molecule has 0 aliphatic heterocycles. The number of benzene rings is 1. The maximum Gasteiger partial charge on any atom is 0.230 e. The Morgan fingerprint density at radius 3 is 2.82 bits per heavy atom. The number of halogens is 2. The van der Waals surface area contributed by atoms with Crippen LogP contribution in [0.3, 0.4) is 0 Å². The first-order chi connectivity index (χ1) is 8.24. The Bertz CT molecular complexity index is 661. The first-order valence-corrected chi connectivity index (χ1v) is 5.66. The van der Waals surface area contributed by atoms with Crippen LogP contribution < -0.4 is 0 Å². The average molecular weight is 265 g/mol. The number of oxazole rings is 1. The van der Waals surface area contributed by atoms with E-state index in [-0.39, 0.29) is 0 Å². The number of pyridine rings is 1. The van der Waals surface area contributed by atoms with E-state index in [1.54, 1.807) is 36.5 Å². The van der Waals surface area contributed by atoms with E-state index in [1.165, 1.54) is 0 Å². The number of aromatic nitrogens is 2. The molecule has 0 bridgehead atoms. The van der Waals surface area contributed by atoms with Gasteiger partial charge in [0, 0.05) is 11.2 Å². The highest BCUT2D eigenvalue weighted by atomic mass is 35.5. The molecule has 0 saturated carbocycles. The molecule has 3 aromatic rings. The zero-order valence-corrected chi connectivity index (χ0v) is 10.0. The molecule has 0 saturated heterocycles. The lowest BCUT2D eigenvalue weighted by atomic mass is 10.2. The van der Waals surface area contributed by atoms with Crippen molar-refractivity contribution in [3.8, 4) is 11.5 Å². The Morgan fingerprint density at radius 2 is 2.00 bits per heavy atom. The maximum absolute atomic E-state index is 6.08. The first-order valence-electron chi connectivity index (χ1n) is 4.91. The molecule has 17 heavy (non-hydrogen) atoms. The molecule has 0 atom stereocenters. The fourth-order valence-corrected chi connectivity index (χ4v) is 1.92. The Kier molecular flexibility index (Phi) is 2.50. The van der Waals surface area contributed by atoms with Crippen LogP contribution in [-0.2, 0) is 0 Å². The van der Waals surface area contributed by atoms with E-state index < -0.39 is 0 Å². The van der Waals surface area contributed by atoms with Gasteiger partial charge in [-0.2, -0.15) is 4.98 Å². The predicted octanol–water partition coefficient (Wildman–Crippen LogP) is 4.20. The molecule has 0 N–H and O–H groups in total. The van der Waals surface area contributed by atoms with Gasteiger partial charge in [-0.15, -0.1) is 0 Å². The molecule has 0 aliphatic carbocycles. The third kappa shape index (κ3) is 1.88. The van der Waals surface area contributed by atoms with Crippen molar-refractivity contribution in [2.45, 2.75) is 0 Å². The van der Waals surface area contributed by atoms with Gasteiger partial charge in [0.25, 0.3) is 0 Å². The van der Waals surface area contributed by atoms with Crippen LogP contribution in [0.15, 0.2) is 40.9 Å².